The molecule has 18 heavy (non-hydrogen) atoms. The van der Waals surface area contributed by atoms with Crippen molar-refractivity contribution in [1.29, 1.82) is 0 Å². The van der Waals surface area contributed by atoms with Gasteiger partial charge in [0.25, 0.3) is 0 Å². The Morgan fingerprint density at radius 3 is 1.56 bits per heavy atom. The summed E-state index contributed by atoms with van der Waals surface area (Å²) in [7, 11) is 0. The maximum Gasteiger partial charge on any atom is 0.303 e. The first-order valence-corrected chi connectivity index (χ1v) is 5.72. The average molecular weight is 244 g/mol. The van der Waals surface area contributed by atoms with Gasteiger partial charge in [-0.05, 0) is 24.3 Å². The molecule has 0 saturated heterocycles. The molecule has 0 saturated carbocycles. The Balaban J connectivity index is 0.000000280. The van der Waals surface area contributed by atoms with Crippen molar-refractivity contribution in [2.24, 2.45) is 0 Å². The van der Waals surface area contributed by atoms with Gasteiger partial charge in [0, 0.05) is 6.42 Å². The van der Waals surface area contributed by atoms with E-state index in [1.54, 1.807) is 6.92 Å². The van der Waals surface area contributed by atoms with Crippen molar-refractivity contribution in [3.63, 3.8) is 0 Å². The van der Waals surface area contributed by atoms with Crippen LogP contribution in [-0.4, -0.2) is 11.1 Å². The van der Waals surface area contributed by atoms with E-state index in [2.05, 4.69) is 0 Å². The molecule has 0 aliphatic heterocycles. The molecule has 0 aromatic heterocycles. The molecule has 3 nitrogen and oxygen atoms in total. The van der Waals surface area contributed by atoms with Crippen LogP contribution in [0, 0.1) is 0 Å². The number of benzene rings is 2. The maximum absolute atomic E-state index is 9.37. The minimum atomic E-state index is -0.745. The maximum atomic E-state index is 9.37. The Labute approximate surface area is 107 Å². The molecular weight excluding hydrogens is 228 g/mol. The molecule has 0 aliphatic rings. The van der Waals surface area contributed by atoms with Crippen LogP contribution in [0.1, 0.15) is 13.3 Å². The molecule has 94 valence electrons. The second-order valence-electron chi connectivity index (χ2n) is 3.48. The van der Waals surface area contributed by atoms with Crippen molar-refractivity contribution >= 4 is 5.97 Å². The zero-order valence-corrected chi connectivity index (χ0v) is 10.2. The van der Waals surface area contributed by atoms with Gasteiger partial charge >= 0.3 is 5.97 Å². The number of ether oxygens (including phenoxy) is 1. The second kappa shape index (κ2) is 7.90. The number of carboxylic acids is 1. The molecule has 0 unspecified atom stereocenters. The number of rotatable bonds is 3. The number of aliphatic carboxylic acids is 1. The van der Waals surface area contributed by atoms with Crippen LogP contribution < -0.4 is 4.74 Å². The molecule has 1 N–H and O–H groups in total. The van der Waals surface area contributed by atoms with Gasteiger partial charge in [-0.1, -0.05) is 43.3 Å². The van der Waals surface area contributed by atoms with E-state index >= 15 is 0 Å². The smallest absolute Gasteiger partial charge is 0.303 e. The van der Waals surface area contributed by atoms with Crippen molar-refractivity contribution in [2.75, 3.05) is 0 Å². The van der Waals surface area contributed by atoms with Gasteiger partial charge in [0.05, 0.1) is 0 Å². The van der Waals surface area contributed by atoms with Crippen molar-refractivity contribution in [3.05, 3.63) is 60.7 Å². The highest BCUT2D eigenvalue weighted by Crippen LogP contribution is 2.19. The van der Waals surface area contributed by atoms with Gasteiger partial charge in [-0.2, -0.15) is 0 Å². The predicted molar refractivity (Wildman–Crippen MR) is 70.9 cm³/mol. The third-order valence-corrected chi connectivity index (χ3v) is 2.02. The fraction of sp³-hybridized carbons (Fsp3) is 0.133. The minimum absolute atomic E-state index is 0.222. The highest BCUT2D eigenvalue weighted by molar-refractivity contribution is 5.66. The largest absolute Gasteiger partial charge is 0.481 e. The van der Waals surface area contributed by atoms with Gasteiger partial charge < -0.3 is 9.84 Å². The van der Waals surface area contributed by atoms with Gasteiger partial charge in [-0.25, -0.2) is 0 Å². The number of carbonyl (C=O) groups is 1. The lowest BCUT2D eigenvalue weighted by Crippen LogP contribution is -1.86. The third kappa shape index (κ3) is 5.70. The Morgan fingerprint density at radius 1 is 0.944 bits per heavy atom. The lowest BCUT2D eigenvalue weighted by atomic mass is 10.3. The summed E-state index contributed by atoms with van der Waals surface area (Å²) in [6, 6.07) is 19.5. The molecule has 0 fully saturated rings. The van der Waals surface area contributed by atoms with Crippen molar-refractivity contribution in [1.82, 2.24) is 0 Å². The summed E-state index contributed by atoms with van der Waals surface area (Å²) in [6.45, 7) is 1.60. The van der Waals surface area contributed by atoms with Crippen molar-refractivity contribution in [3.8, 4) is 11.5 Å². The Morgan fingerprint density at radius 2 is 1.28 bits per heavy atom. The van der Waals surface area contributed by atoms with Gasteiger partial charge in [0.1, 0.15) is 11.5 Å². The van der Waals surface area contributed by atoms with Gasteiger partial charge in [-0.3, -0.25) is 4.79 Å². The summed E-state index contributed by atoms with van der Waals surface area (Å²) in [4.78, 5) is 9.37. The van der Waals surface area contributed by atoms with E-state index in [1.165, 1.54) is 0 Å². The summed E-state index contributed by atoms with van der Waals surface area (Å²) in [5.41, 5.74) is 0. The van der Waals surface area contributed by atoms with Crippen LogP contribution in [0.25, 0.3) is 0 Å². The summed E-state index contributed by atoms with van der Waals surface area (Å²) in [6.07, 6.45) is 0.222. The van der Waals surface area contributed by atoms with Crippen LogP contribution in [0.15, 0.2) is 60.7 Å². The quantitative estimate of drug-likeness (QED) is 0.888. The second-order valence-corrected chi connectivity index (χ2v) is 3.48. The van der Waals surface area contributed by atoms with E-state index < -0.39 is 5.97 Å². The van der Waals surface area contributed by atoms with Crippen LogP contribution in [0.3, 0.4) is 0 Å². The van der Waals surface area contributed by atoms with Gasteiger partial charge in [-0.15, -0.1) is 0 Å². The topological polar surface area (TPSA) is 46.5 Å². The lowest BCUT2D eigenvalue weighted by Gasteiger charge is -2.03. The van der Waals surface area contributed by atoms with E-state index in [0.29, 0.717) is 0 Å². The van der Waals surface area contributed by atoms with Crippen molar-refractivity contribution in [2.45, 2.75) is 13.3 Å². The molecule has 2 rings (SSSR count). The average Bonchev–Trinajstić information content (AvgIpc) is 2.42. The molecule has 3 heteroatoms. The summed E-state index contributed by atoms with van der Waals surface area (Å²) in [5, 5.41) is 7.72. The molecule has 2 aromatic carbocycles. The number of carboxylic acid groups (broad SMARTS) is 1. The van der Waals surface area contributed by atoms with Crippen LogP contribution in [0.5, 0.6) is 11.5 Å². The first-order chi connectivity index (χ1) is 8.72. The SMILES string of the molecule is CCC(=O)O.c1ccc(Oc2ccccc2)cc1. The van der Waals surface area contributed by atoms with Gasteiger partial charge in [0.2, 0.25) is 0 Å². The van der Waals surface area contributed by atoms with Crippen LogP contribution >= 0.6 is 0 Å². The van der Waals surface area contributed by atoms with Gasteiger partial charge in [0.15, 0.2) is 0 Å². The van der Waals surface area contributed by atoms with E-state index in [-0.39, 0.29) is 6.42 Å². The van der Waals surface area contributed by atoms with E-state index in [1.807, 2.05) is 60.7 Å². The zero-order valence-electron chi connectivity index (χ0n) is 10.2. The monoisotopic (exact) mass is 244 g/mol. The Hall–Kier alpha value is -2.29. The van der Waals surface area contributed by atoms with E-state index in [0.717, 1.165) is 11.5 Å². The zero-order chi connectivity index (χ0) is 13.2. The summed E-state index contributed by atoms with van der Waals surface area (Å²) < 4.78 is 5.58. The first kappa shape index (κ1) is 13.8. The Bertz CT molecular complexity index is 414. The van der Waals surface area contributed by atoms with Crippen LogP contribution in [-0.2, 0) is 4.79 Å². The van der Waals surface area contributed by atoms with E-state index in [9.17, 15) is 4.79 Å². The Kier molecular flexibility index (Phi) is 6.04. The molecular formula is C15H16O3. The third-order valence-electron chi connectivity index (χ3n) is 2.02. The number of hydrogen-bond donors (Lipinski definition) is 1. The molecule has 0 radical (unpaired) electrons. The highest BCUT2D eigenvalue weighted by atomic mass is 16.5. The lowest BCUT2D eigenvalue weighted by molar-refractivity contribution is -0.136. The van der Waals surface area contributed by atoms with Crippen LogP contribution in [0.2, 0.25) is 0 Å². The fourth-order valence-corrected chi connectivity index (χ4v) is 1.11. The predicted octanol–water partition coefficient (Wildman–Crippen LogP) is 3.96. The molecule has 0 atom stereocenters. The standard InChI is InChI=1S/C12H10O.C3H6O2/c1-3-7-11(8-4-1)13-12-9-5-2-6-10-12;1-2-3(4)5/h1-10H;2H2,1H3,(H,4,5). The molecule has 2 aromatic rings. The fourth-order valence-electron chi connectivity index (χ4n) is 1.11. The summed E-state index contributed by atoms with van der Waals surface area (Å²) in [5.74, 6) is 0.993. The summed E-state index contributed by atoms with van der Waals surface area (Å²) >= 11 is 0. The number of para-hydroxylation sites is 2. The normalized spacial score (nSPS) is 8.94. The van der Waals surface area contributed by atoms with Crippen LogP contribution in [0.4, 0.5) is 0 Å². The molecule has 0 amide bonds. The highest BCUT2D eigenvalue weighted by Gasteiger charge is 1.92. The molecule has 0 bridgehead atoms. The first-order valence-electron chi connectivity index (χ1n) is 5.72. The minimum Gasteiger partial charge on any atom is -0.481 e. The number of hydrogen-bond acceptors (Lipinski definition) is 2. The van der Waals surface area contributed by atoms with E-state index in [4.69, 9.17) is 9.84 Å². The molecule has 0 aliphatic carbocycles. The molecule has 0 heterocycles. The molecule has 0 spiro atoms. The van der Waals surface area contributed by atoms with Crippen molar-refractivity contribution < 1.29 is 14.6 Å².